The highest BCUT2D eigenvalue weighted by atomic mass is 31.1. The zero-order valence-corrected chi connectivity index (χ0v) is 24.4. The first kappa shape index (κ1) is 27.5. The molecule has 0 N–H and O–H groups in total. The summed E-state index contributed by atoms with van der Waals surface area (Å²) in [5, 5.41) is 0.654. The molecule has 36 heavy (non-hydrogen) atoms. The third-order valence-corrected chi connectivity index (χ3v) is 9.74. The average molecular weight is 507 g/mol. The Morgan fingerprint density at radius 1 is 0.722 bits per heavy atom. The summed E-state index contributed by atoms with van der Waals surface area (Å²) in [7, 11) is -2.71. The minimum absolute atomic E-state index is 0.324. The number of hydrogen-bond acceptors (Lipinski definition) is 2. The van der Waals surface area contributed by atoms with Gasteiger partial charge in [-0.3, -0.25) is 0 Å². The fraction of sp³-hybridized carbons (Fsp3) is 0.636. The fourth-order valence-corrected chi connectivity index (χ4v) is 7.77. The Morgan fingerprint density at radius 2 is 1.22 bits per heavy atom. The van der Waals surface area contributed by atoms with Crippen LogP contribution in [0.2, 0.25) is 0 Å². The lowest BCUT2D eigenvalue weighted by atomic mass is 9.74. The standard InChI is InChI=1S/C33H47O2P/c1-21(2)26-19-29(22(3)4)32(30(20-26)23(5)6)28-18-17-27(24-13-9-7-10-14-24)31(33(28)36(34)35)25-15-11-8-12-16-25/h17-25H,7-16H2,1-6H3. The minimum atomic E-state index is -2.71. The summed E-state index contributed by atoms with van der Waals surface area (Å²) in [6, 6.07) is 9.25. The molecule has 1 unspecified atom stereocenters. The van der Waals surface area contributed by atoms with Crippen LogP contribution in [0.15, 0.2) is 24.3 Å². The van der Waals surface area contributed by atoms with Gasteiger partial charge in [0.25, 0.3) is 0 Å². The van der Waals surface area contributed by atoms with Crippen molar-refractivity contribution < 1.29 is 9.46 Å². The van der Waals surface area contributed by atoms with Gasteiger partial charge >= 0.3 is 8.03 Å². The van der Waals surface area contributed by atoms with Crippen molar-refractivity contribution in [3.05, 3.63) is 52.1 Å². The van der Waals surface area contributed by atoms with E-state index in [4.69, 9.17) is 0 Å². The van der Waals surface area contributed by atoms with Crippen molar-refractivity contribution in [2.24, 2.45) is 0 Å². The third kappa shape index (κ3) is 5.66. The Morgan fingerprint density at radius 3 is 1.67 bits per heavy atom. The van der Waals surface area contributed by atoms with Crippen molar-refractivity contribution >= 4 is 13.3 Å². The van der Waals surface area contributed by atoms with E-state index in [0.717, 1.165) is 18.4 Å². The lowest BCUT2D eigenvalue weighted by Gasteiger charge is -2.31. The zero-order chi connectivity index (χ0) is 26.0. The zero-order valence-electron chi connectivity index (χ0n) is 23.5. The normalized spacial score (nSPS) is 18.4. The van der Waals surface area contributed by atoms with Gasteiger partial charge in [0, 0.05) is 11.1 Å². The van der Waals surface area contributed by atoms with Crippen LogP contribution in [0.25, 0.3) is 11.1 Å². The SMILES string of the molecule is CC(C)c1cc(C(C)C)c(-c2ccc(C3CCCCC3)c(C3CCCCC3)c2[P+](=O)[O-])c(C(C)C)c1. The Labute approximate surface area is 221 Å². The quantitative estimate of drug-likeness (QED) is 0.351. The number of benzene rings is 2. The molecule has 0 aromatic heterocycles. The summed E-state index contributed by atoms with van der Waals surface area (Å²) in [6.07, 6.45) is 12.2. The van der Waals surface area contributed by atoms with Gasteiger partial charge in [0.05, 0.1) is 0 Å². The van der Waals surface area contributed by atoms with Crippen LogP contribution in [-0.4, -0.2) is 0 Å². The summed E-state index contributed by atoms with van der Waals surface area (Å²) in [5.74, 6) is 1.97. The van der Waals surface area contributed by atoms with E-state index in [1.807, 2.05) is 0 Å². The van der Waals surface area contributed by atoms with Crippen LogP contribution in [0, 0.1) is 0 Å². The lowest BCUT2D eigenvalue weighted by molar-refractivity contribution is -0.160. The van der Waals surface area contributed by atoms with E-state index in [-0.39, 0.29) is 0 Å². The monoisotopic (exact) mass is 506 g/mol. The summed E-state index contributed by atoms with van der Waals surface area (Å²) in [4.78, 5) is 13.3. The summed E-state index contributed by atoms with van der Waals surface area (Å²) in [5.41, 5.74) is 8.65. The molecule has 0 bridgehead atoms. The van der Waals surface area contributed by atoms with Crippen molar-refractivity contribution in [2.45, 2.75) is 135 Å². The van der Waals surface area contributed by atoms with E-state index in [9.17, 15) is 9.46 Å². The van der Waals surface area contributed by atoms with Crippen LogP contribution in [0.5, 0.6) is 0 Å². The molecule has 2 aliphatic carbocycles. The van der Waals surface area contributed by atoms with Crippen molar-refractivity contribution in [1.82, 2.24) is 0 Å². The first-order valence-electron chi connectivity index (χ1n) is 14.7. The largest absolute Gasteiger partial charge is 0.591 e. The molecule has 0 radical (unpaired) electrons. The van der Waals surface area contributed by atoms with Gasteiger partial charge in [0.15, 0.2) is 5.30 Å². The second kappa shape index (κ2) is 11.9. The Hall–Kier alpha value is -1.50. The molecule has 0 aliphatic heterocycles. The summed E-state index contributed by atoms with van der Waals surface area (Å²) in [6.45, 7) is 13.5. The molecule has 2 aliphatic rings. The van der Waals surface area contributed by atoms with Gasteiger partial charge in [-0.15, -0.1) is 0 Å². The van der Waals surface area contributed by atoms with E-state index in [2.05, 4.69) is 65.8 Å². The molecule has 2 saturated carbocycles. The minimum Gasteiger partial charge on any atom is -0.591 e. The van der Waals surface area contributed by atoms with Crippen molar-refractivity contribution in [1.29, 1.82) is 0 Å². The molecule has 1 atom stereocenters. The molecular weight excluding hydrogens is 459 g/mol. The van der Waals surface area contributed by atoms with Gasteiger partial charge in [0.2, 0.25) is 0 Å². The third-order valence-electron chi connectivity index (χ3n) is 8.89. The van der Waals surface area contributed by atoms with E-state index in [1.165, 1.54) is 84.7 Å². The van der Waals surface area contributed by atoms with Gasteiger partial charge < -0.3 is 4.89 Å². The highest BCUT2D eigenvalue weighted by Crippen LogP contribution is 2.46. The van der Waals surface area contributed by atoms with Crippen molar-refractivity contribution in [2.75, 3.05) is 0 Å². The molecule has 2 nitrogen and oxygen atoms in total. The van der Waals surface area contributed by atoms with Crippen LogP contribution >= 0.6 is 8.03 Å². The van der Waals surface area contributed by atoms with Gasteiger partial charge in [0.1, 0.15) is 0 Å². The summed E-state index contributed by atoms with van der Waals surface area (Å²) >= 11 is 0. The van der Waals surface area contributed by atoms with E-state index >= 15 is 0 Å². The maximum absolute atomic E-state index is 13.3. The average Bonchev–Trinajstić information content (AvgIpc) is 2.87. The van der Waals surface area contributed by atoms with Gasteiger partial charge in [-0.1, -0.05) is 103 Å². The van der Waals surface area contributed by atoms with Crippen LogP contribution < -0.4 is 10.2 Å². The molecule has 0 spiro atoms. The topological polar surface area (TPSA) is 40.1 Å². The van der Waals surface area contributed by atoms with E-state index in [1.54, 1.807) is 0 Å². The lowest BCUT2D eigenvalue weighted by Crippen LogP contribution is -2.24. The molecular formula is C33H47O2P. The highest BCUT2D eigenvalue weighted by molar-refractivity contribution is 7.46. The predicted molar refractivity (Wildman–Crippen MR) is 153 cm³/mol. The molecule has 0 amide bonds. The smallest absolute Gasteiger partial charge is 0.349 e. The molecule has 196 valence electrons. The Bertz CT molecular complexity index is 1040. The molecule has 2 aromatic rings. The van der Waals surface area contributed by atoms with Gasteiger partial charge in [-0.05, 0) is 89.2 Å². The molecule has 4 rings (SSSR count). The second-order valence-corrected chi connectivity index (χ2v) is 13.4. The van der Waals surface area contributed by atoms with Crippen molar-refractivity contribution in [3.63, 3.8) is 0 Å². The fourth-order valence-electron chi connectivity index (χ4n) is 6.88. The predicted octanol–water partition coefficient (Wildman–Crippen LogP) is 9.55. The van der Waals surface area contributed by atoms with Gasteiger partial charge in [-0.25, -0.2) is 0 Å². The molecule has 2 fully saturated rings. The highest BCUT2D eigenvalue weighted by Gasteiger charge is 2.34. The van der Waals surface area contributed by atoms with Crippen LogP contribution in [0.3, 0.4) is 0 Å². The molecule has 0 heterocycles. The van der Waals surface area contributed by atoms with Crippen molar-refractivity contribution in [3.8, 4) is 11.1 Å². The Balaban J connectivity index is 2.04. The van der Waals surface area contributed by atoms with Gasteiger partial charge in [-0.2, -0.15) is 0 Å². The summed E-state index contributed by atoms with van der Waals surface area (Å²) < 4.78 is 13.3. The van der Waals surface area contributed by atoms with Crippen LogP contribution in [-0.2, 0) is 4.57 Å². The molecule has 3 heteroatoms. The van der Waals surface area contributed by atoms with E-state index in [0.29, 0.717) is 34.9 Å². The second-order valence-electron chi connectivity index (χ2n) is 12.4. The van der Waals surface area contributed by atoms with Crippen LogP contribution in [0.1, 0.15) is 163 Å². The molecule has 2 aromatic carbocycles. The Kier molecular flexibility index (Phi) is 9.11. The molecule has 0 saturated heterocycles. The maximum atomic E-state index is 13.3. The number of hydrogen-bond donors (Lipinski definition) is 0. The maximum Gasteiger partial charge on any atom is 0.349 e. The van der Waals surface area contributed by atoms with Crippen LogP contribution in [0.4, 0.5) is 0 Å². The van der Waals surface area contributed by atoms with E-state index < -0.39 is 8.03 Å². The first-order valence-corrected chi connectivity index (χ1v) is 15.9. The number of rotatable bonds is 7. The first-order chi connectivity index (χ1) is 17.2.